The van der Waals surface area contributed by atoms with Crippen molar-refractivity contribution in [2.45, 2.75) is 39.5 Å². The summed E-state index contributed by atoms with van der Waals surface area (Å²) in [6.07, 6.45) is 2.72. The number of aryl methyl sites for hydroxylation is 3. The van der Waals surface area contributed by atoms with Crippen molar-refractivity contribution in [1.29, 1.82) is 0 Å². The lowest BCUT2D eigenvalue weighted by molar-refractivity contribution is 0.0976. The van der Waals surface area contributed by atoms with Crippen molar-refractivity contribution in [3.8, 4) is 11.3 Å². The van der Waals surface area contributed by atoms with E-state index >= 15 is 0 Å². The van der Waals surface area contributed by atoms with E-state index in [1.165, 1.54) is 5.56 Å². The number of aliphatic imine (C=N–C) groups is 1. The summed E-state index contributed by atoms with van der Waals surface area (Å²) in [5.74, 6) is 0.453. The lowest BCUT2D eigenvalue weighted by atomic mass is 10.0. The van der Waals surface area contributed by atoms with Gasteiger partial charge in [-0.2, -0.15) is 0 Å². The van der Waals surface area contributed by atoms with Crippen molar-refractivity contribution < 1.29 is 4.79 Å². The Hall–Kier alpha value is -4.38. The molecule has 0 spiro atoms. The molecule has 184 valence electrons. The molecular formula is C32H29N3O2. The number of fused-ring (bicyclic) bond motifs is 7. The van der Waals surface area contributed by atoms with Gasteiger partial charge in [-0.25, -0.2) is 4.99 Å². The maximum atomic E-state index is 13.3. The first-order chi connectivity index (χ1) is 17.9. The van der Waals surface area contributed by atoms with Crippen LogP contribution in [0.4, 0.5) is 5.69 Å². The summed E-state index contributed by atoms with van der Waals surface area (Å²) in [6.45, 7) is 3.84. The van der Waals surface area contributed by atoms with Crippen LogP contribution in [0.1, 0.15) is 51.1 Å². The first-order valence-electron chi connectivity index (χ1n) is 12.6. The minimum Gasteiger partial charge on any atom is -0.310 e. The number of nitrogens with one attached hydrogen (secondary N) is 1. The van der Waals surface area contributed by atoms with E-state index in [4.69, 9.17) is 9.98 Å². The highest BCUT2D eigenvalue weighted by Gasteiger charge is 2.13. The van der Waals surface area contributed by atoms with Crippen LogP contribution in [0.25, 0.3) is 11.3 Å². The number of hydrogen-bond acceptors (Lipinski definition) is 4. The quantitative estimate of drug-likeness (QED) is 0.352. The third kappa shape index (κ3) is 5.89. The predicted molar refractivity (Wildman–Crippen MR) is 149 cm³/mol. The van der Waals surface area contributed by atoms with Crippen LogP contribution < -0.4 is 10.7 Å². The summed E-state index contributed by atoms with van der Waals surface area (Å²) in [5, 5.41) is 3.06. The van der Waals surface area contributed by atoms with E-state index in [1.54, 1.807) is 12.1 Å². The molecule has 1 aromatic heterocycles. The number of amides is 1. The van der Waals surface area contributed by atoms with Crippen molar-refractivity contribution in [3.63, 3.8) is 0 Å². The molecule has 3 aromatic carbocycles. The van der Waals surface area contributed by atoms with Gasteiger partial charge in [-0.3, -0.25) is 14.6 Å². The second-order valence-electron chi connectivity index (χ2n) is 9.55. The summed E-state index contributed by atoms with van der Waals surface area (Å²) >= 11 is 0. The van der Waals surface area contributed by atoms with Gasteiger partial charge in [0.05, 0.1) is 11.4 Å². The Labute approximate surface area is 217 Å². The van der Waals surface area contributed by atoms with Crippen LogP contribution >= 0.6 is 0 Å². The number of hydrogen-bond donors (Lipinski definition) is 1. The summed E-state index contributed by atoms with van der Waals surface area (Å²) in [6, 6.07) is 27.2. The Morgan fingerprint density at radius 1 is 0.757 bits per heavy atom. The van der Waals surface area contributed by atoms with Crippen molar-refractivity contribution in [2.24, 2.45) is 4.99 Å². The lowest BCUT2D eigenvalue weighted by Gasteiger charge is -2.12. The van der Waals surface area contributed by atoms with Gasteiger partial charge in [0.2, 0.25) is 0 Å². The molecule has 37 heavy (non-hydrogen) atoms. The van der Waals surface area contributed by atoms with E-state index in [1.807, 2.05) is 74.5 Å². The minimum atomic E-state index is -0.198. The summed E-state index contributed by atoms with van der Waals surface area (Å²) in [7, 11) is 0. The molecule has 1 aliphatic heterocycles. The number of para-hydroxylation sites is 1. The Kier molecular flexibility index (Phi) is 7.04. The van der Waals surface area contributed by atoms with Crippen molar-refractivity contribution in [2.75, 3.05) is 0 Å². The second kappa shape index (κ2) is 10.7. The minimum absolute atomic E-state index is 0.0474. The Bertz CT molecular complexity index is 1570. The molecule has 5 nitrogen and oxygen atoms in total. The molecule has 1 amide bonds. The smallest absolute Gasteiger partial charge is 0.256 e. The van der Waals surface area contributed by atoms with Crippen LogP contribution in [0.5, 0.6) is 0 Å². The monoisotopic (exact) mass is 487 g/mol. The molecule has 6 bridgehead atoms. The molecule has 5 rings (SSSR count). The largest absolute Gasteiger partial charge is 0.310 e. The van der Waals surface area contributed by atoms with Gasteiger partial charge in [0.1, 0.15) is 5.84 Å². The molecule has 0 atom stereocenters. The van der Waals surface area contributed by atoms with E-state index in [9.17, 15) is 9.59 Å². The topological polar surface area (TPSA) is 71.4 Å². The fourth-order valence-corrected chi connectivity index (χ4v) is 4.56. The van der Waals surface area contributed by atoms with Crippen LogP contribution in [0.15, 0.2) is 94.7 Å². The fraction of sp³-hybridized carbons (Fsp3) is 0.188. The van der Waals surface area contributed by atoms with E-state index in [0.717, 1.165) is 40.9 Å². The SMILES string of the molecule is Cc1ccccc1N=C1CCCc2cccc(c2)-c2cc(C)c(=O)cc(n2)Cc2cccc(c2)C(=O)N1. The van der Waals surface area contributed by atoms with Gasteiger partial charge in [0, 0.05) is 35.7 Å². The van der Waals surface area contributed by atoms with Crippen LogP contribution in [-0.4, -0.2) is 16.7 Å². The highest BCUT2D eigenvalue weighted by molar-refractivity contribution is 6.07. The van der Waals surface area contributed by atoms with Crippen LogP contribution in [0.2, 0.25) is 0 Å². The number of aromatic nitrogens is 1. The van der Waals surface area contributed by atoms with Crippen molar-refractivity contribution >= 4 is 17.4 Å². The van der Waals surface area contributed by atoms with Gasteiger partial charge in [-0.05, 0) is 79.3 Å². The molecule has 2 heterocycles. The number of carbonyl (C=O) groups is 1. The van der Waals surface area contributed by atoms with E-state index in [0.29, 0.717) is 35.5 Å². The Morgan fingerprint density at radius 3 is 2.35 bits per heavy atom. The predicted octanol–water partition coefficient (Wildman–Crippen LogP) is 6.11. The van der Waals surface area contributed by atoms with Crippen LogP contribution in [-0.2, 0) is 12.8 Å². The first kappa shape index (κ1) is 24.3. The zero-order chi connectivity index (χ0) is 25.8. The highest BCUT2D eigenvalue weighted by Crippen LogP contribution is 2.22. The number of amidine groups is 1. The molecule has 0 saturated carbocycles. The van der Waals surface area contributed by atoms with Crippen LogP contribution in [0, 0.1) is 13.8 Å². The Balaban J connectivity index is 1.60. The maximum absolute atomic E-state index is 13.3. The first-order valence-corrected chi connectivity index (χ1v) is 12.6. The third-order valence-electron chi connectivity index (χ3n) is 6.61. The molecule has 4 aromatic rings. The summed E-state index contributed by atoms with van der Waals surface area (Å²) in [4.78, 5) is 35.7. The highest BCUT2D eigenvalue weighted by atomic mass is 16.1. The van der Waals surface area contributed by atoms with Crippen LogP contribution in [0.3, 0.4) is 0 Å². The molecule has 5 heteroatoms. The van der Waals surface area contributed by atoms with Gasteiger partial charge < -0.3 is 5.32 Å². The number of benzene rings is 3. The molecule has 0 fully saturated rings. The molecular weight excluding hydrogens is 458 g/mol. The molecule has 0 unspecified atom stereocenters. The van der Waals surface area contributed by atoms with Gasteiger partial charge in [-0.15, -0.1) is 0 Å². The van der Waals surface area contributed by atoms with Gasteiger partial charge in [-0.1, -0.05) is 48.5 Å². The molecule has 1 N–H and O–H groups in total. The molecule has 0 saturated heterocycles. The fourth-order valence-electron chi connectivity index (χ4n) is 4.56. The van der Waals surface area contributed by atoms with E-state index < -0.39 is 0 Å². The molecule has 0 aliphatic carbocycles. The van der Waals surface area contributed by atoms with Crippen molar-refractivity contribution in [1.82, 2.24) is 10.3 Å². The average Bonchev–Trinajstić information content (AvgIpc) is 3.02. The number of rotatable bonds is 1. The zero-order valence-electron chi connectivity index (χ0n) is 21.1. The lowest BCUT2D eigenvalue weighted by Crippen LogP contribution is -2.30. The maximum Gasteiger partial charge on any atom is 0.256 e. The average molecular weight is 488 g/mol. The van der Waals surface area contributed by atoms with Crippen molar-refractivity contribution in [3.05, 3.63) is 129 Å². The Morgan fingerprint density at radius 2 is 1.51 bits per heavy atom. The standard InChI is InChI=1S/C32H29N3O2/c1-21-8-3-4-14-28(21)34-31-15-7-10-23-9-5-12-25(17-23)29-16-22(2)30(36)20-27(33-29)19-24-11-6-13-26(18-24)32(37)35-31/h3-6,8-9,11-14,16-18,20H,7,10,15,19H2,1-2H3,(H,34,35,37). The number of carbonyl (C=O) groups excluding carboxylic acids is 1. The summed E-state index contributed by atoms with van der Waals surface area (Å²) < 4.78 is 0. The normalized spacial score (nSPS) is 14.8. The molecule has 0 radical (unpaired) electrons. The zero-order valence-corrected chi connectivity index (χ0v) is 21.1. The molecule has 1 aliphatic rings. The summed E-state index contributed by atoms with van der Waals surface area (Å²) in [5.41, 5.74) is 7.58. The second-order valence-corrected chi connectivity index (χ2v) is 9.55. The van der Waals surface area contributed by atoms with E-state index in [-0.39, 0.29) is 11.3 Å². The third-order valence-corrected chi connectivity index (χ3v) is 6.61. The van der Waals surface area contributed by atoms with Gasteiger partial charge >= 0.3 is 0 Å². The van der Waals surface area contributed by atoms with E-state index in [2.05, 4.69) is 17.4 Å². The van der Waals surface area contributed by atoms with Gasteiger partial charge in [0.15, 0.2) is 5.43 Å². The van der Waals surface area contributed by atoms with Gasteiger partial charge in [0.25, 0.3) is 5.91 Å². The number of nitrogens with zero attached hydrogens (tertiary/aromatic N) is 2.